The second-order valence-electron chi connectivity index (χ2n) is 4.06. The van der Waals surface area contributed by atoms with E-state index in [0.717, 1.165) is 13.1 Å². The number of aldehydes is 1. The maximum absolute atomic E-state index is 11.0. The molecular weight excluding hydrogens is 313 g/mol. The molecule has 1 fully saturated rings. The summed E-state index contributed by atoms with van der Waals surface area (Å²) in [6, 6.07) is 4.92. The average Bonchev–Trinajstić information content (AvgIpc) is 2.35. The molecule has 1 aromatic rings. The molecule has 0 saturated carbocycles. The zero-order valence-corrected chi connectivity index (χ0v) is 11.4. The SMILES string of the molecule is NC(=O)c1cc(OC2CNC2)ccc1Cl.O=CC(F)(F)F. The summed E-state index contributed by atoms with van der Waals surface area (Å²) >= 11 is 5.81. The van der Waals surface area contributed by atoms with Gasteiger partial charge in [-0.3, -0.25) is 9.59 Å². The number of hydrogen-bond acceptors (Lipinski definition) is 4. The summed E-state index contributed by atoms with van der Waals surface area (Å²) in [7, 11) is 0. The Morgan fingerprint density at radius 3 is 2.38 bits per heavy atom. The van der Waals surface area contributed by atoms with Crippen LogP contribution in [0.5, 0.6) is 5.75 Å². The highest BCUT2D eigenvalue weighted by molar-refractivity contribution is 6.33. The van der Waals surface area contributed by atoms with Gasteiger partial charge in [0.25, 0.3) is 0 Å². The minimum Gasteiger partial charge on any atom is -0.488 e. The molecule has 1 saturated heterocycles. The van der Waals surface area contributed by atoms with E-state index in [1.54, 1.807) is 18.2 Å². The molecule has 0 bridgehead atoms. The van der Waals surface area contributed by atoms with Gasteiger partial charge >= 0.3 is 6.18 Å². The van der Waals surface area contributed by atoms with Gasteiger partial charge in [0.2, 0.25) is 12.2 Å². The van der Waals surface area contributed by atoms with E-state index >= 15 is 0 Å². The molecule has 1 aromatic carbocycles. The van der Waals surface area contributed by atoms with Crippen molar-refractivity contribution < 1.29 is 27.5 Å². The number of primary amides is 1. The van der Waals surface area contributed by atoms with Crippen LogP contribution in [0, 0.1) is 0 Å². The van der Waals surface area contributed by atoms with Crippen LogP contribution in [0.4, 0.5) is 13.2 Å². The number of ether oxygens (including phenoxy) is 1. The van der Waals surface area contributed by atoms with E-state index in [1.807, 2.05) is 0 Å². The van der Waals surface area contributed by atoms with Crippen molar-refractivity contribution in [2.45, 2.75) is 12.3 Å². The molecule has 0 spiro atoms. The van der Waals surface area contributed by atoms with Gasteiger partial charge < -0.3 is 15.8 Å². The number of carbonyl (C=O) groups is 2. The maximum Gasteiger partial charge on any atom is 0.446 e. The van der Waals surface area contributed by atoms with E-state index in [2.05, 4.69) is 5.32 Å². The highest BCUT2D eigenvalue weighted by Gasteiger charge is 2.24. The van der Waals surface area contributed by atoms with E-state index in [9.17, 15) is 18.0 Å². The molecule has 116 valence electrons. The summed E-state index contributed by atoms with van der Waals surface area (Å²) in [5, 5.41) is 3.44. The predicted molar refractivity (Wildman–Crippen MR) is 69.4 cm³/mol. The van der Waals surface area contributed by atoms with Crippen LogP contribution in [-0.4, -0.2) is 37.6 Å². The third-order valence-electron chi connectivity index (χ3n) is 2.38. The van der Waals surface area contributed by atoms with Gasteiger partial charge in [-0.05, 0) is 18.2 Å². The van der Waals surface area contributed by atoms with Gasteiger partial charge in [-0.15, -0.1) is 0 Å². The second kappa shape index (κ2) is 7.28. The third kappa shape index (κ3) is 6.01. The molecule has 0 unspecified atom stereocenters. The molecule has 0 aliphatic carbocycles. The highest BCUT2D eigenvalue weighted by Crippen LogP contribution is 2.22. The maximum atomic E-state index is 11.0. The summed E-state index contributed by atoms with van der Waals surface area (Å²) in [6.07, 6.45) is -5.53. The first kappa shape index (κ1) is 17.3. The summed E-state index contributed by atoms with van der Waals surface area (Å²) < 4.78 is 36.8. The molecule has 5 nitrogen and oxygen atoms in total. The number of halogens is 4. The van der Waals surface area contributed by atoms with Crippen molar-refractivity contribution >= 4 is 23.8 Å². The van der Waals surface area contributed by atoms with Gasteiger partial charge in [0.15, 0.2) is 0 Å². The van der Waals surface area contributed by atoms with Crippen LogP contribution in [0.25, 0.3) is 0 Å². The number of amides is 1. The van der Waals surface area contributed by atoms with Crippen molar-refractivity contribution in [3.63, 3.8) is 0 Å². The van der Waals surface area contributed by atoms with E-state index < -0.39 is 18.4 Å². The molecule has 0 aromatic heterocycles. The Labute approximate surface area is 123 Å². The Morgan fingerprint density at radius 2 is 2.00 bits per heavy atom. The molecular formula is C12H12ClF3N2O3. The van der Waals surface area contributed by atoms with Gasteiger partial charge in [-0.2, -0.15) is 13.2 Å². The smallest absolute Gasteiger partial charge is 0.446 e. The Morgan fingerprint density at radius 1 is 1.43 bits per heavy atom. The van der Waals surface area contributed by atoms with Gasteiger partial charge in [0.1, 0.15) is 11.9 Å². The lowest BCUT2D eigenvalue weighted by Gasteiger charge is -2.27. The van der Waals surface area contributed by atoms with Crippen LogP contribution in [0.3, 0.4) is 0 Å². The van der Waals surface area contributed by atoms with Crippen LogP contribution in [0.15, 0.2) is 18.2 Å². The van der Waals surface area contributed by atoms with E-state index in [-0.39, 0.29) is 6.10 Å². The quantitative estimate of drug-likeness (QED) is 0.826. The fourth-order valence-corrected chi connectivity index (χ4v) is 1.52. The number of rotatable bonds is 3. The van der Waals surface area contributed by atoms with E-state index in [0.29, 0.717) is 16.3 Å². The standard InChI is InChI=1S/C10H11ClN2O2.C2HF3O/c11-9-2-1-6(3-8(9)10(12)14)15-7-4-13-5-7;3-2(4,5)1-6/h1-3,7,13H,4-5H2,(H2,12,14);1H. The number of benzene rings is 1. The Kier molecular flexibility index (Phi) is 5.98. The van der Waals surface area contributed by atoms with Gasteiger partial charge in [0.05, 0.1) is 10.6 Å². The van der Waals surface area contributed by atoms with Gasteiger partial charge in [-0.25, -0.2) is 0 Å². The van der Waals surface area contributed by atoms with Crippen molar-refractivity contribution in [3.05, 3.63) is 28.8 Å². The van der Waals surface area contributed by atoms with Crippen molar-refractivity contribution in [2.24, 2.45) is 5.73 Å². The van der Waals surface area contributed by atoms with Crippen molar-refractivity contribution in [1.29, 1.82) is 0 Å². The van der Waals surface area contributed by atoms with Crippen molar-refractivity contribution in [2.75, 3.05) is 13.1 Å². The summed E-state index contributed by atoms with van der Waals surface area (Å²) in [6.45, 7) is 1.66. The lowest BCUT2D eigenvalue weighted by Crippen LogP contribution is -2.50. The van der Waals surface area contributed by atoms with Crippen molar-refractivity contribution in [3.8, 4) is 5.75 Å². The Bertz CT molecular complexity index is 519. The van der Waals surface area contributed by atoms with Gasteiger partial charge in [0, 0.05) is 13.1 Å². The summed E-state index contributed by atoms with van der Waals surface area (Å²) in [5.41, 5.74) is 5.46. The zero-order valence-electron chi connectivity index (χ0n) is 10.6. The normalized spacial score (nSPS) is 14.5. The first-order chi connectivity index (χ1) is 9.73. The number of alkyl halides is 3. The fourth-order valence-electron chi connectivity index (χ4n) is 1.30. The van der Waals surface area contributed by atoms with Crippen LogP contribution >= 0.6 is 11.6 Å². The highest BCUT2D eigenvalue weighted by atomic mass is 35.5. The zero-order chi connectivity index (χ0) is 16.0. The molecule has 1 amide bonds. The second-order valence-corrected chi connectivity index (χ2v) is 4.47. The number of nitrogens with two attached hydrogens (primary N) is 1. The van der Waals surface area contributed by atoms with Crippen molar-refractivity contribution in [1.82, 2.24) is 5.32 Å². The first-order valence-electron chi connectivity index (χ1n) is 5.72. The fraction of sp³-hybridized carbons (Fsp3) is 0.333. The largest absolute Gasteiger partial charge is 0.488 e. The number of hydrogen-bond donors (Lipinski definition) is 2. The van der Waals surface area contributed by atoms with Crippen LogP contribution in [0.1, 0.15) is 10.4 Å². The van der Waals surface area contributed by atoms with Crippen LogP contribution < -0.4 is 15.8 Å². The molecule has 0 atom stereocenters. The first-order valence-corrected chi connectivity index (χ1v) is 6.10. The molecule has 3 N–H and O–H groups in total. The van der Waals surface area contributed by atoms with Gasteiger partial charge in [-0.1, -0.05) is 11.6 Å². The molecule has 9 heteroatoms. The summed E-state index contributed by atoms with van der Waals surface area (Å²) in [4.78, 5) is 19.7. The Balaban J connectivity index is 0.000000315. The average molecular weight is 325 g/mol. The third-order valence-corrected chi connectivity index (χ3v) is 2.71. The molecule has 0 radical (unpaired) electrons. The number of nitrogens with one attached hydrogen (secondary N) is 1. The molecule has 2 rings (SSSR count). The predicted octanol–water partition coefficient (Wildman–Crippen LogP) is 1.54. The van der Waals surface area contributed by atoms with E-state index in [1.165, 1.54) is 0 Å². The lowest BCUT2D eigenvalue weighted by molar-refractivity contribution is -0.156. The lowest BCUT2D eigenvalue weighted by atomic mass is 10.2. The number of carbonyl (C=O) groups excluding carboxylic acids is 2. The monoisotopic (exact) mass is 324 g/mol. The molecule has 21 heavy (non-hydrogen) atoms. The minimum absolute atomic E-state index is 0.173. The Hall–Kier alpha value is -1.80. The van der Waals surface area contributed by atoms with E-state index in [4.69, 9.17) is 26.9 Å². The molecule has 1 aliphatic heterocycles. The topological polar surface area (TPSA) is 81.4 Å². The minimum atomic E-state index is -4.64. The van der Waals surface area contributed by atoms with Crippen LogP contribution in [-0.2, 0) is 4.79 Å². The van der Waals surface area contributed by atoms with Crippen LogP contribution in [0.2, 0.25) is 5.02 Å². The molecule has 1 aliphatic rings. The summed E-state index contributed by atoms with van der Waals surface area (Å²) in [5.74, 6) is 0.0804. The molecule has 1 heterocycles.